The molecule has 1 unspecified atom stereocenters. The van der Waals surface area contributed by atoms with Crippen molar-refractivity contribution in [1.82, 2.24) is 15.6 Å². The van der Waals surface area contributed by atoms with E-state index in [-0.39, 0.29) is 11.9 Å². The van der Waals surface area contributed by atoms with Gasteiger partial charge in [0, 0.05) is 50.2 Å². The van der Waals surface area contributed by atoms with Gasteiger partial charge < -0.3 is 20.0 Å². The number of hydrogen-bond acceptors (Lipinski definition) is 4. The molecule has 6 nitrogen and oxygen atoms in total. The smallest absolute Gasteiger partial charge is 0.191 e. The van der Waals surface area contributed by atoms with Gasteiger partial charge >= 0.3 is 0 Å². The Morgan fingerprint density at radius 1 is 1.31 bits per heavy atom. The minimum absolute atomic E-state index is 0.195. The van der Waals surface area contributed by atoms with Crippen molar-refractivity contribution in [2.24, 2.45) is 4.99 Å². The fraction of sp³-hybridized carbons (Fsp3) is 0.364. The van der Waals surface area contributed by atoms with Crippen molar-refractivity contribution in [3.8, 4) is 0 Å². The summed E-state index contributed by atoms with van der Waals surface area (Å²) in [7, 11) is 0. The van der Waals surface area contributed by atoms with Crippen molar-refractivity contribution in [1.29, 1.82) is 0 Å². The lowest BCUT2D eigenvalue weighted by atomic mass is 10.2. The Balaban J connectivity index is 1.34. The average molecular weight is 395 g/mol. The highest BCUT2D eigenvalue weighted by Crippen LogP contribution is 2.21. The van der Waals surface area contributed by atoms with Crippen molar-refractivity contribution < 1.29 is 8.81 Å². The number of guanidine groups is 1. The van der Waals surface area contributed by atoms with Crippen molar-refractivity contribution in [3.05, 3.63) is 60.2 Å². The molecule has 0 bridgehead atoms. The molecule has 0 saturated carbocycles. The topological polar surface area (TPSA) is 65.7 Å². The summed E-state index contributed by atoms with van der Waals surface area (Å²) in [5.74, 6) is 1.85. The molecule has 2 N–H and O–H groups in total. The van der Waals surface area contributed by atoms with Gasteiger partial charge in [0.05, 0.1) is 0 Å². The van der Waals surface area contributed by atoms with E-state index in [9.17, 15) is 4.39 Å². The summed E-state index contributed by atoms with van der Waals surface area (Å²) in [6.45, 7) is 4.91. The van der Waals surface area contributed by atoms with Gasteiger partial charge in [-0.15, -0.1) is 0 Å². The van der Waals surface area contributed by atoms with Crippen LogP contribution >= 0.6 is 0 Å². The number of benzene rings is 1. The maximum absolute atomic E-state index is 14.0. The van der Waals surface area contributed by atoms with Crippen molar-refractivity contribution in [2.45, 2.75) is 25.8 Å². The molecule has 2 aromatic heterocycles. The first-order chi connectivity index (χ1) is 14.2. The third kappa shape index (κ3) is 4.67. The first kappa shape index (κ1) is 19.2. The summed E-state index contributed by atoms with van der Waals surface area (Å²) in [5.41, 5.74) is 0.907. The fourth-order valence-electron chi connectivity index (χ4n) is 3.63. The normalized spacial score (nSPS) is 17.1. The first-order valence-electron chi connectivity index (χ1n) is 10.1. The monoisotopic (exact) mass is 395 g/mol. The summed E-state index contributed by atoms with van der Waals surface area (Å²) in [4.78, 5) is 10.8. The van der Waals surface area contributed by atoms with Crippen LogP contribution in [0.5, 0.6) is 0 Å². The Kier molecular flexibility index (Phi) is 5.93. The minimum atomic E-state index is -0.278. The molecule has 3 heterocycles. The highest BCUT2D eigenvalue weighted by Gasteiger charge is 2.25. The summed E-state index contributed by atoms with van der Waals surface area (Å²) in [5, 5.41) is 7.87. The molecular formula is C22H26FN5O. The number of anilines is 1. The fourth-order valence-corrected chi connectivity index (χ4v) is 3.63. The van der Waals surface area contributed by atoms with Gasteiger partial charge in [0.25, 0.3) is 0 Å². The minimum Gasteiger partial charge on any atom is -0.461 e. The standard InChI is InChI=1S/C22H26FN5O/c1-2-24-22(26-12-9-18-14-16-6-3-4-8-20(16)29-18)27-17-10-13-28(15-17)21-19(23)7-5-11-25-21/h3-8,11,14,17H,2,9-10,12-13,15H2,1H3,(H2,24,26,27). The second-order valence-corrected chi connectivity index (χ2v) is 7.15. The Morgan fingerprint density at radius 3 is 3.03 bits per heavy atom. The van der Waals surface area contributed by atoms with Crippen LogP contribution in [-0.2, 0) is 6.42 Å². The molecule has 1 aliphatic heterocycles. The zero-order chi connectivity index (χ0) is 20.1. The van der Waals surface area contributed by atoms with Crippen LogP contribution in [0.15, 0.2) is 58.1 Å². The van der Waals surface area contributed by atoms with E-state index in [1.807, 2.05) is 36.1 Å². The largest absolute Gasteiger partial charge is 0.461 e. The van der Waals surface area contributed by atoms with E-state index in [0.29, 0.717) is 18.9 Å². The van der Waals surface area contributed by atoms with Crippen molar-refractivity contribution in [2.75, 3.05) is 31.1 Å². The SMILES string of the molecule is CCNC(=NCCc1cc2ccccc2o1)NC1CCN(c2ncccc2F)C1. The number of fused-ring (bicyclic) bond motifs is 1. The number of halogens is 1. The molecule has 152 valence electrons. The molecule has 7 heteroatoms. The quantitative estimate of drug-likeness (QED) is 0.495. The number of para-hydroxylation sites is 1. The lowest BCUT2D eigenvalue weighted by Gasteiger charge is -2.19. The molecular weight excluding hydrogens is 369 g/mol. The van der Waals surface area contributed by atoms with E-state index >= 15 is 0 Å². The molecule has 1 fully saturated rings. The Labute approximate surface area is 169 Å². The number of nitrogens with one attached hydrogen (secondary N) is 2. The van der Waals surface area contributed by atoms with Crippen molar-refractivity contribution in [3.63, 3.8) is 0 Å². The van der Waals surface area contributed by atoms with E-state index in [1.54, 1.807) is 12.3 Å². The second kappa shape index (κ2) is 8.94. The maximum atomic E-state index is 14.0. The van der Waals surface area contributed by atoms with E-state index < -0.39 is 0 Å². The van der Waals surface area contributed by atoms with E-state index in [1.165, 1.54) is 6.07 Å². The van der Waals surface area contributed by atoms with Gasteiger partial charge in [-0.25, -0.2) is 9.37 Å². The van der Waals surface area contributed by atoms with Crippen LogP contribution in [-0.4, -0.2) is 43.2 Å². The third-order valence-corrected chi connectivity index (χ3v) is 5.02. The Hall–Kier alpha value is -3.09. The molecule has 0 amide bonds. The number of nitrogens with zero attached hydrogens (tertiary/aromatic N) is 3. The average Bonchev–Trinajstić information content (AvgIpc) is 3.35. The highest BCUT2D eigenvalue weighted by molar-refractivity contribution is 5.80. The molecule has 1 saturated heterocycles. The van der Waals surface area contributed by atoms with Gasteiger partial charge in [-0.05, 0) is 37.6 Å². The molecule has 4 rings (SSSR count). The predicted molar refractivity (Wildman–Crippen MR) is 114 cm³/mol. The summed E-state index contributed by atoms with van der Waals surface area (Å²) < 4.78 is 19.8. The highest BCUT2D eigenvalue weighted by atomic mass is 19.1. The molecule has 0 spiro atoms. The van der Waals surface area contributed by atoms with Gasteiger partial charge in [0.1, 0.15) is 11.3 Å². The van der Waals surface area contributed by atoms with Gasteiger partial charge in [0.2, 0.25) is 0 Å². The number of aliphatic imine (C=N–C) groups is 1. The lowest BCUT2D eigenvalue weighted by molar-refractivity contribution is 0.549. The number of rotatable bonds is 6. The van der Waals surface area contributed by atoms with E-state index in [4.69, 9.17) is 4.42 Å². The predicted octanol–water partition coefficient (Wildman–Crippen LogP) is 3.34. The Morgan fingerprint density at radius 2 is 2.21 bits per heavy atom. The molecule has 0 radical (unpaired) electrons. The van der Waals surface area contributed by atoms with E-state index in [2.05, 4.69) is 26.7 Å². The zero-order valence-electron chi connectivity index (χ0n) is 16.6. The molecule has 3 aromatic rings. The zero-order valence-corrected chi connectivity index (χ0v) is 16.6. The number of aromatic nitrogens is 1. The molecule has 1 aliphatic rings. The van der Waals surface area contributed by atoms with Crippen LogP contribution < -0.4 is 15.5 Å². The van der Waals surface area contributed by atoms with Crippen LogP contribution in [0.4, 0.5) is 10.2 Å². The molecule has 29 heavy (non-hydrogen) atoms. The van der Waals surface area contributed by atoms with Gasteiger partial charge in [-0.2, -0.15) is 0 Å². The summed E-state index contributed by atoms with van der Waals surface area (Å²) in [6, 6.07) is 13.3. The van der Waals surface area contributed by atoms with Crippen LogP contribution in [0.2, 0.25) is 0 Å². The third-order valence-electron chi connectivity index (χ3n) is 5.02. The van der Waals surface area contributed by atoms with Gasteiger partial charge in [-0.1, -0.05) is 18.2 Å². The lowest BCUT2D eigenvalue weighted by Crippen LogP contribution is -2.44. The maximum Gasteiger partial charge on any atom is 0.191 e. The Bertz CT molecular complexity index is 953. The number of hydrogen-bond donors (Lipinski definition) is 2. The van der Waals surface area contributed by atoms with Crippen LogP contribution in [0.25, 0.3) is 11.0 Å². The summed E-state index contributed by atoms with van der Waals surface area (Å²) >= 11 is 0. The van der Waals surface area contributed by atoms with Gasteiger partial charge in [0.15, 0.2) is 17.6 Å². The molecule has 1 atom stereocenters. The molecule has 0 aliphatic carbocycles. The first-order valence-corrected chi connectivity index (χ1v) is 10.1. The van der Waals surface area contributed by atoms with Gasteiger partial charge in [-0.3, -0.25) is 4.99 Å². The van der Waals surface area contributed by atoms with Crippen LogP contribution in [0.1, 0.15) is 19.1 Å². The van der Waals surface area contributed by atoms with Crippen LogP contribution in [0.3, 0.4) is 0 Å². The number of pyridine rings is 1. The number of furan rings is 1. The summed E-state index contributed by atoms with van der Waals surface area (Å²) in [6.07, 6.45) is 3.27. The molecule has 1 aromatic carbocycles. The van der Waals surface area contributed by atoms with Crippen LogP contribution in [0, 0.1) is 5.82 Å². The van der Waals surface area contributed by atoms with Crippen molar-refractivity contribution >= 4 is 22.7 Å². The second-order valence-electron chi connectivity index (χ2n) is 7.15. The van der Waals surface area contributed by atoms with E-state index in [0.717, 1.165) is 48.6 Å².